The fraction of sp³-hybridized carbons (Fsp3) is 0.812. The van der Waals surface area contributed by atoms with Gasteiger partial charge in [-0.3, -0.25) is 14.1 Å². The van der Waals surface area contributed by atoms with Gasteiger partial charge in [-0.2, -0.15) is 6.42 Å². The Morgan fingerprint density at radius 3 is 1.67 bits per heavy atom. The predicted octanol–water partition coefficient (Wildman–Crippen LogP) is 2.27. The second-order valence-electron chi connectivity index (χ2n) is 6.55. The Kier molecular flexibility index (Phi) is 14.6. The molecule has 0 rings (SSSR count). The summed E-state index contributed by atoms with van der Waals surface area (Å²) < 4.78 is 0. The molecule has 0 saturated heterocycles. The molecule has 0 spiro atoms. The molecule has 21 heavy (non-hydrogen) atoms. The molecule has 0 bridgehead atoms. The van der Waals surface area contributed by atoms with Gasteiger partial charge >= 0.3 is 0 Å². The minimum atomic E-state index is 0. The summed E-state index contributed by atoms with van der Waals surface area (Å²) in [6.45, 7) is 14.4. The van der Waals surface area contributed by atoms with E-state index in [1.165, 1.54) is 19.3 Å². The Bertz CT molecular complexity index is 202. The van der Waals surface area contributed by atoms with Gasteiger partial charge in [0.2, 0.25) is 0 Å². The SMILES string of the molecule is [CH2-]CCCCC(CNCN[CH2-])(CNCN[CH2-])C(C)(C)C.[V]. The van der Waals surface area contributed by atoms with E-state index in [0.717, 1.165) is 32.8 Å². The van der Waals surface area contributed by atoms with Gasteiger partial charge in [0.25, 0.3) is 0 Å². The fourth-order valence-corrected chi connectivity index (χ4v) is 2.57. The summed E-state index contributed by atoms with van der Waals surface area (Å²) in [7, 11) is 7.33. The van der Waals surface area contributed by atoms with Gasteiger partial charge in [-0.15, -0.1) is 0 Å². The van der Waals surface area contributed by atoms with Gasteiger partial charge < -0.3 is 28.2 Å². The largest absolute Gasteiger partial charge is 0.461 e. The van der Waals surface area contributed by atoms with E-state index in [4.69, 9.17) is 0 Å². The Morgan fingerprint density at radius 2 is 1.33 bits per heavy atom. The molecule has 0 aliphatic rings. The third-order valence-corrected chi connectivity index (χ3v) is 4.17. The zero-order chi connectivity index (χ0) is 15.5. The molecule has 0 unspecified atom stereocenters. The molecule has 0 saturated carbocycles. The molecule has 4 nitrogen and oxygen atoms in total. The van der Waals surface area contributed by atoms with Crippen molar-refractivity contribution in [3.63, 3.8) is 0 Å². The van der Waals surface area contributed by atoms with Crippen LogP contribution in [-0.2, 0) is 18.6 Å². The molecule has 0 fully saturated rings. The van der Waals surface area contributed by atoms with Crippen molar-refractivity contribution in [2.75, 3.05) is 26.4 Å². The summed E-state index contributed by atoms with van der Waals surface area (Å²) in [6.07, 6.45) is 4.63. The van der Waals surface area contributed by atoms with Gasteiger partial charge in [0.15, 0.2) is 0 Å². The zero-order valence-corrected chi connectivity index (χ0v) is 15.6. The van der Waals surface area contributed by atoms with Crippen LogP contribution in [0.5, 0.6) is 0 Å². The average Bonchev–Trinajstić information content (AvgIpc) is 2.37. The summed E-state index contributed by atoms with van der Waals surface area (Å²) in [6, 6.07) is 0. The van der Waals surface area contributed by atoms with Crippen molar-refractivity contribution in [3.8, 4) is 0 Å². The number of hydrogen-bond acceptors (Lipinski definition) is 4. The normalized spacial score (nSPS) is 12.3. The Balaban J connectivity index is 0. The van der Waals surface area contributed by atoms with Crippen LogP contribution in [0.15, 0.2) is 0 Å². The topological polar surface area (TPSA) is 48.1 Å². The van der Waals surface area contributed by atoms with E-state index in [0.29, 0.717) is 0 Å². The van der Waals surface area contributed by atoms with E-state index in [-0.39, 0.29) is 29.4 Å². The van der Waals surface area contributed by atoms with Crippen molar-refractivity contribution in [2.24, 2.45) is 10.8 Å². The smallest absolute Gasteiger partial charge is 0.0181 e. The van der Waals surface area contributed by atoms with Crippen LogP contribution in [0.4, 0.5) is 0 Å². The van der Waals surface area contributed by atoms with Crippen LogP contribution in [0.3, 0.4) is 0 Å². The van der Waals surface area contributed by atoms with E-state index in [1.807, 2.05) is 0 Å². The summed E-state index contributed by atoms with van der Waals surface area (Å²) in [5.74, 6) is 0. The molecule has 0 aromatic rings. The van der Waals surface area contributed by atoms with Gasteiger partial charge in [-0.25, -0.2) is 0 Å². The van der Waals surface area contributed by atoms with Gasteiger partial charge in [0, 0.05) is 50.4 Å². The number of hydrogen-bond donors (Lipinski definition) is 4. The van der Waals surface area contributed by atoms with Gasteiger partial charge in [-0.1, -0.05) is 33.6 Å². The minimum absolute atomic E-state index is 0. The van der Waals surface area contributed by atoms with E-state index in [2.05, 4.69) is 63.1 Å². The molecule has 4 N–H and O–H groups in total. The molecule has 0 atom stereocenters. The number of rotatable bonds is 12. The van der Waals surface area contributed by atoms with Crippen molar-refractivity contribution >= 4 is 0 Å². The molecule has 127 valence electrons. The molecular weight excluding hydrogens is 299 g/mol. The molecule has 5 heteroatoms. The maximum absolute atomic E-state index is 3.95. The molecule has 0 aromatic carbocycles. The van der Waals surface area contributed by atoms with Gasteiger partial charge in [0.05, 0.1) is 0 Å². The monoisotopic (exact) mass is 334 g/mol. The van der Waals surface area contributed by atoms with Crippen LogP contribution >= 0.6 is 0 Å². The Labute approximate surface area is 144 Å². The maximum Gasteiger partial charge on any atom is 0.0181 e. The molecule has 0 amide bonds. The summed E-state index contributed by atoms with van der Waals surface area (Å²) >= 11 is 0. The van der Waals surface area contributed by atoms with E-state index in [1.54, 1.807) is 0 Å². The fourth-order valence-electron chi connectivity index (χ4n) is 2.57. The van der Waals surface area contributed by atoms with Crippen LogP contribution in [0.25, 0.3) is 0 Å². The molecule has 0 heterocycles. The third-order valence-electron chi connectivity index (χ3n) is 4.17. The first-order valence-electron chi connectivity index (χ1n) is 7.64. The molecule has 0 aliphatic heterocycles. The Hall–Kier alpha value is 0.424. The van der Waals surface area contributed by atoms with Crippen molar-refractivity contribution in [3.05, 3.63) is 21.0 Å². The third kappa shape index (κ3) is 9.22. The first-order valence-corrected chi connectivity index (χ1v) is 7.64. The van der Waals surface area contributed by atoms with E-state index >= 15 is 0 Å². The first kappa shape index (κ1) is 23.7. The zero-order valence-electron chi connectivity index (χ0n) is 14.2. The molecule has 1 radical (unpaired) electrons. The van der Waals surface area contributed by atoms with Crippen molar-refractivity contribution < 1.29 is 18.6 Å². The Morgan fingerprint density at radius 1 is 0.857 bits per heavy atom. The van der Waals surface area contributed by atoms with Crippen LogP contribution in [0.1, 0.15) is 46.5 Å². The average molecular weight is 334 g/mol. The van der Waals surface area contributed by atoms with Crippen molar-refractivity contribution in [2.45, 2.75) is 46.5 Å². The van der Waals surface area contributed by atoms with Crippen molar-refractivity contribution in [1.29, 1.82) is 0 Å². The summed E-state index contributed by atoms with van der Waals surface area (Å²) in [5, 5.41) is 12.8. The second kappa shape index (κ2) is 12.9. The molecule has 0 aromatic heterocycles. The van der Waals surface area contributed by atoms with Gasteiger partial charge in [-0.05, 0) is 11.8 Å². The van der Waals surface area contributed by atoms with Crippen LogP contribution in [-0.4, -0.2) is 26.4 Å². The first-order chi connectivity index (χ1) is 9.43. The maximum atomic E-state index is 3.95. The summed E-state index contributed by atoms with van der Waals surface area (Å²) in [4.78, 5) is 0. The molecule has 0 aliphatic carbocycles. The quantitative estimate of drug-likeness (QED) is 0.251. The van der Waals surface area contributed by atoms with Crippen LogP contribution < -0.4 is 21.3 Å². The minimum Gasteiger partial charge on any atom is -0.461 e. The summed E-state index contributed by atoms with van der Waals surface area (Å²) in [5.41, 5.74) is 0.423. The molecular formula is C16H35N4V-3. The van der Waals surface area contributed by atoms with Crippen molar-refractivity contribution in [1.82, 2.24) is 21.3 Å². The predicted molar refractivity (Wildman–Crippen MR) is 88.4 cm³/mol. The number of nitrogens with one attached hydrogen (secondary N) is 4. The number of unbranched alkanes of at least 4 members (excludes halogenated alkanes) is 2. The van der Waals surface area contributed by atoms with E-state index < -0.39 is 0 Å². The van der Waals surface area contributed by atoms with Crippen LogP contribution in [0.2, 0.25) is 0 Å². The second-order valence-corrected chi connectivity index (χ2v) is 6.55. The van der Waals surface area contributed by atoms with Gasteiger partial charge in [0.1, 0.15) is 0 Å². The van der Waals surface area contributed by atoms with E-state index in [9.17, 15) is 0 Å². The van der Waals surface area contributed by atoms with Crippen LogP contribution in [0, 0.1) is 31.8 Å². The standard InChI is InChI=1S/C16H35N4.V/c1-7-8-9-10-16(15(2,3)4,11-19-13-17-5)12-20-14-18-6;/h17-20H,1,5-14H2,2-4H3;/q-3;.